The number of benzene rings is 2. The van der Waals surface area contributed by atoms with Crippen molar-refractivity contribution in [1.29, 1.82) is 0 Å². The summed E-state index contributed by atoms with van der Waals surface area (Å²) in [5, 5.41) is 9.15. The number of carboxylic acid groups (broad SMARTS) is 1. The fourth-order valence-corrected chi connectivity index (χ4v) is 4.51. The predicted octanol–water partition coefficient (Wildman–Crippen LogP) is 2.86. The maximum atomic E-state index is 12.3. The van der Waals surface area contributed by atoms with Crippen LogP contribution < -0.4 is 32.0 Å². The van der Waals surface area contributed by atoms with Gasteiger partial charge in [-0.2, -0.15) is 0 Å². The van der Waals surface area contributed by atoms with Gasteiger partial charge in [0.05, 0.1) is 12.2 Å². The number of aromatic nitrogens is 2. The van der Waals surface area contributed by atoms with Gasteiger partial charge in [0.15, 0.2) is 5.82 Å². The first kappa shape index (κ1) is 27.0. The van der Waals surface area contributed by atoms with Gasteiger partial charge in [-0.25, -0.2) is 10.8 Å². The number of ether oxygens (including phenoxy) is 2. The number of carboxylic acids is 1. The van der Waals surface area contributed by atoms with Crippen LogP contribution in [0.5, 0.6) is 11.5 Å². The number of aromatic amines is 1. The van der Waals surface area contributed by atoms with Crippen LogP contribution in [0, 0.1) is 0 Å². The van der Waals surface area contributed by atoms with Crippen LogP contribution >= 0.6 is 0 Å². The number of rotatable bonds is 12. The van der Waals surface area contributed by atoms with Gasteiger partial charge in [0.1, 0.15) is 29.6 Å². The second kappa shape index (κ2) is 12.4. The van der Waals surface area contributed by atoms with Gasteiger partial charge >= 0.3 is 5.97 Å². The lowest BCUT2D eigenvalue weighted by Crippen LogP contribution is -2.25. The van der Waals surface area contributed by atoms with Crippen molar-refractivity contribution in [3.63, 3.8) is 0 Å². The zero-order chi connectivity index (χ0) is 27.1. The molecule has 2 aromatic carbocycles. The van der Waals surface area contributed by atoms with Gasteiger partial charge in [0.2, 0.25) is 0 Å². The average molecular weight is 523 g/mol. The number of nitrogen functional groups attached to an aromatic ring is 2. The summed E-state index contributed by atoms with van der Waals surface area (Å²) in [5.74, 6) is 6.16. The van der Waals surface area contributed by atoms with Crippen LogP contribution in [0.2, 0.25) is 0 Å². The normalized spacial score (nSPS) is 13.4. The highest BCUT2D eigenvalue weighted by molar-refractivity contribution is 5.78. The van der Waals surface area contributed by atoms with Crippen LogP contribution in [0.3, 0.4) is 0 Å². The van der Waals surface area contributed by atoms with Crippen LogP contribution in [-0.4, -0.2) is 58.8 Å². The van der Waals surface area contributed by atoms with E-state index in [4.69, 9.17) is 26.2 Å². The Bertz CT molecular complexity index is 1340. The van der Waals surface area contributed by atoms with E-state index in [1.165, 1.54) is 12.8 Å². The number of nitrogens with one attached hydrogen (secondary N) is 2. The number of H-pyrrole nitrogens is 1. The van der Waals surface area contributed by atoms with Crippen molar-refractivity contribution in [3.05, 3.63) is 52.3 Å². The zero-order valence-electron chi connectivity index (χ0n) is 21.5. The van der Waals surface area contributed by atoms with Crippen LogP contribution in [0.25, 0.3) is 22.5 Å². The quantitative estimate of drug-likeness (QED) is 0.176. The fraction of sp³-hybridized carbons (Fsp3) is 0.370. The summed E-state index contributed by atoms with van der Waals surface area (Å²) in [6, 6.07) is 11.3. The standard InChI is InChI=1S/C27H34N6O5/c1-2-37-22-16-18(7-8-19(22)25-30-26(32-29)24(28)27(36)31-25)20-15-17(6-10-23(34)35)5-9-21(20)38-14-13-33-11-3-4-12-33/h5,7-9,15-16H,2-4,6,10-14,28-29H2,1H3,(H,34,35)(H2,30,31,32,36). The molecule has 1 aliphatic heterocycles. The Morgan fingerprint density at radius 1 is 1.13 bits per heavy atom. The molecule has 0 atom stereocenters. The van der Waals surface area contributed by atoms with E-state index in [2.05, 4.69) is 20.3 Å². The lowest BCUT2D eigenvalue weighted by atomic mass is 9.98. The highest BCUT2D eigenvalue weighted by atomic mass is 16.5. The molecule has 3 aromatic rings. The molecule has 11 nitrogen and oxygen atoms in total. The van der Waals surface area contributed by atoms with Crippen LogP contribution in [0.15, 0.2) is 41.2 Å². The van der Waals surface area contributed by atoms with E-state index in [1.54, 1.807) is 6.07 Å². The Morgan fingerprint density at radius 2 is 1.92 bits per heavy atom. The van der Waals surface area contributed by atoms with Crippen molar-refractivity contribution in [2.45, 2.75) is 32.6 Å². The second-order valence-electron chi connectivity index (χ2n) is 9.09. The Hall–Kier alpha value is -4.09. The minimum Gasteiger partial charge on any atom is -0.493 e. The summed E-state index contributed by atoms with van der Waals surface area (Å²) in [7, 11) is 0. The number of aryl methyl sites for hydroxylation is 1. The topological polar surface area (TPSA) is 169 Å². The lowest BCUT2D eigenvalue weighted by molar-refractivity contribution is -0.136. The van der Waals surface area contributed by atoms with Gasteiger partial charge in [-0.1, -0.05) is 12.1 Å². The van der Waals surface area contributed by atoms with Gasteiger partial charge in [-0.15, -0.1) is 0 Å². The van der Waals surface area contributed by atoms with Crippen molar-refractivity contribution >= 4 is 17.5 Å². The molecule has 38 heavy (non-hydrogen) atoms. The first-order valence-electron chi connectivity index (χ1n) is 12.7. The molecule has 0 radical (unpaired) electrons. The smallest absolute Gasteiger partial charge is 0.303 e. The number of nitrogens with zero attached hydrogens (tertiary/aromatic N) is 2. The molecule has 7 N–H and O–H groups in total. The maximum absolute atomic E-state index is 12.3. The summed E-state index contributed by atoms with van der Waals surface area (Å²) >= 11 is 0. The Balaban J connectivity index is 1.71. The SMILES string of the molecule is CCOc1cc(-c2cc(CCC(=O)O)ccc2OCCN2CCCC2)ccc1-c1nc(NN)c(N)c(=O)[nH]1. The third-order valence-corrected chi connectivity index (χ3v) is 6.47. The van der Waals surface area contributed by atoms with E-state index in [0.717, 1.165) is 36.3 Å². The molecule has 4 rings (SSSR count). The molecule has 202 valence electrons. The minimum absolute atomic E-state index is 0.0332. The van der Waals surface area contributed by atoms with Crippen molar-refractivity contribution in [1.82, 2.24) is 14.9 Å². The second-order valence-corrected chi connectivity index (χ2v) is 9.09. The molecule has 11 heteroatoms. The molecule has 1 fully saturated rings. The molecule has 2 heterocycles. The van der Waals surface area contributed by atoms with Crippen molar-refractivity contribution in [2.75, 3.05) is 44.0 Å². The Labute approximate surface area is 220 Å². The predicted molar refractivity (Wildman–Crippen MR) is 146 cm³/mol. The number of hydrogen-bond acceptors (Lipinski definition) is 9. The van der Waals surface area contributed by atoms with E-state index in [1.807, 2.05) is 37.3 Å². The molecule has 0 unspecified atom stereocenters. The summed E-state index contributed by atoms with van der Waals surface area (Å²) in [6.45, 7) is 5.82. The van der Waals surface area contributed by atoms with E-state index in [9.17, 15) is 9.59 Å². The third-order valence-electron chi connectivity index (χ3n) is 6.47. The summed E-state index contributed by atoms with van der Waals surface area (Å²) in [5.41, 5.74) is 10.6. The molecule has 0 saturated carbocycles. The highest BCUT2D eigenvalue weighted by Crippen LogP contribution is 2.37. The number of aliphatic carboxylic acids is 1. The van der Waals surface area contributed by atoms with Gasteiger partial charge < -0.3 is 30.7 Å². The van der Waals surface area contributed by atoms with E-state index in [0.29, 0.717) is 36.7 Å². The van der Waals surface area contributed by atoms with Crippen molar-refractivity contribution in [3.8, 4) is 34.0 Å². The number of hydrazine groups is 1. The summed E-state index contributed by atoms with van der Waals surface area (Å²) in [4.78, 5) is 32.9. The number of anilines is 2. The van der Waals surface area contributed by atoms with Crippen LogP contribution in [0.4, 0.5) is 11.5 Å². The number of nitrogens with two attached hydrogens (primary N) is 2. The third kappa shape index (κ3) is 6.42. The monoisotopic (exact) mass is 522 g/mol. The van der Waals surface area contributed by atoms with Gasteiger partial charge in [0, 0.05) is 18.5 Å². The molecule has 0 aliphatic carbocycles. The highest BCUT2D eigenvalue weighted by Gasteiger charge is 2.17. The van der Waals surface area contributed by atoms with Crippen molar-refractivity contribution < 1.29 is 19.4 Å². The number of carbonyl (C=O) groups is 1. The van der Waals surface area contributed by atoms with Gasteiger partial charge in [-0.3, -0.25) is 14.5 Å². The van der Waals surface area contributed by atoms with E-state index >= 15 is 0 Å². The zero-order valence-corrected chi connectivity index (χ0v) is 21.5. The van der Waals surface area contributed by atoms with Crippen LogP contribution in [0.1, 0.15) is 31.7 Å². The molecule has 0 spiro atoms. The molecule has 0 bridgehead atoms. The minimum atomic E-state index is -0.850. The first-order valence-corrected chi connectivity index (χ1v) is 12.7. The molecule has 1 saturated heterocycles. The lowest BCUT2D eigenvalue weighted by Gasteiger charge is -2.18. The molecule has 1 aromatic heterocycles. The van der Waals surface area contributed by atoms with Crippen molar-refractivity contribution in [2.24, 2.45) is 5.84 Å². The fourth-order valence-electron chi connectivity index (χ4n) is 4.51. The molecule has 0 amide bonds. The Morgan fingerprint density at radius 3 is 2.63 bits per heavy atom. The molecular weight excluding hydrogens is 488 g/mol. The first-order chi connectivity index (χ1) is 18.4. The van der Waals surface area contributed by atoms with Crippen LogP contribution in [-0.2, 0) is 11.2 Å². The van der Waals surface area contributed by atoms with E-state index in [-0.39, 0.29) is 23.8 Å². The molecular formula is C27H34N6O5. The maximum Gasteiger partial charge on any atom is 0.303 e. The van der Waals surface area contributed by atoms with Gasteiger partial charge in [-0.05, 0) is 74.7 Å². The largest absolute Gasteiger partial charge is 0.493 e. The summed E-state index contributed by atoms with van der Waals surface area (Å²) in [6.07, 6.45) is 2.86. The Kier molecular flexibility index (Phi) is 8.82. The van der Waals surface area contributed by atoms with E-state index < -0.39 is 11.5 Å². The average Bonchev–Trinajstić information content (AvgIpc) is 3.43. The number of likely N-dealkylation sites (tertiary alicyclic amines) is 1. The molecule has 1 aliphatic rings. The summed E-state index contributed by atoms with van der Waals surface area (Å²) < 4.78 is 12.1. The number of hydrogen-bond donors (Lipinski definition) is 5. The van der Waals surface area contributed by atoms with Gasteiger partial charge in [0.25, 0.3) is 5.56 Å².